The fourth-order valence-electron chi connectivity index (χ4n) is 2.07. The van der Waals surface area contributed by atoms with Crippen molar-refractivity contribution in [1.29, 1.82) is 0 Å². The molecule has 1 N–H and O–H groups in total. The lowest BCUT2D eigenvalue weighted by molar-refractivity contribution is 0.0543. The minimum Gasteiger partial charge on any atom is -0.383 e. The number of hydrogen-bond acceptors (Lipinski definition) is 3. The van der Waals surface area contributed by atoms with Gasteiger partial charge >= 0.3 is 0 Å². The Bertz CT molecular complexity index is 141. The van der Waals surface area contributed by atoms with Gasteiger partial charge in [0.05, 0.1) is 6.61 Å². The van der Waals surface area contributed by atoms with Crippen LogP contribution in [0.5, 0.6) is 0 Å². The number of ether oxygens (including phenoxy) is 1. The van der Waals surface area contributed by atoms with Gasteiger partial charge in [0.2, 0.25) is 0 Å². The first kappa shape index (κ1) is 11.0. The van der Waals surface area contributed by atoms with E-state index in [1.54, 1.807) is 7.11 Å². The minimum absolute atomic E-state index is 0.553. The number of rotatable bonds is 4. The van der Waals surface area contributed by atoms with E-state index in [1.165, 1.54) is 6.42 Å². The quantitative estimate of drug-likeness (QED) is 0.699. The molecule has 1 aliphatic heterocycles. The molecule has 1 saturated heterocycles. The van der Waals surface area contributed by atoms with Crippen LogP contribution in [0.15, 0.2) is 0 Å². The number of nitrogens with one attached hydrogen (secondary N) is 1. The molecule has 0 aromatic rings. The van der Waals surface area contributed by atoms with Crippen molar-refractivity contribution in [3.63, 3.8) is 0 Å². The zero-order valence-electron chi connectivity index (χ0n) is 9.05. The highest BCUT2D eigenvalue weighted by atomic mass is 16.5. The third kappa shape index (κ3) is 2.93. The Morgan fingerprint density at radius 1 is 1.62 bits per heavy atom. The molecule has 3 nitrogen and oxygen atoms in total. The summed E-state index contributed by atoms with van der Waals surface area (Å²) in [5, 5.41) is 3.43. The fourth-order valence-corrected chi connectivity index (χ4v) is 2.07. The highest BCUT2D eigenvalue weighted by molar-refractivity contribution is 4.82. The number of methoxy groups -OCH3 is 1. The Morgan fingerprint density at radius 2 is 2.38 bits per heavy atom. The molecular weight excluding hydrogens is 164 g/mol. The molecule has 1 rings (SSSR count). The van der Waals surface area contributed by atoms with Gasteiger partial charge in [-0.2, -0.15) is 0 Å². The van der Waals surface area contributed by atoms with Gasteiger partial charge in [-0.05, 0) is 13.3 Å². The first-order chi connectivity index (χ1) is 6.29. The average molecular weight is 186 g/mol. The van der Waals surface area contributed by atoms with Crippen LogP contribution >= 0.6 is 0 Å². The predicted octanol–water partition coefficient (Wildman–Crippen LogP) is 0.705. The Kier molecular flexibility index (Phi) is 4.70. The van der Waals surface area contributed by atoms with Gasteiger partial charge in [0.25, 0.3) is 0 Å². The average Bonchev–Trinajstić information content (AvgIpc) is 2.18. The zero-order valence-corrected chi connectivity index (χ0v) is 9.05. The molecule has 1 aliphatic rings. The summed E-state index contributed by atoms with van der Waals surface area (Å²) in [6.07, 6.45) is 1.22. The maximum absolute atomic E-state index is 5.19. The van der Waals surface area contributed by atoms with Crippen molar-refractivity contribution in [3.8, 4) is 0 Å². The van der Waals surface area contributed by atoms with Crippen LogP contribution in [0.25, 0.3) is 0 Å². The van der Waals surface area contributed by atoms with Crippen molar-refractivity contribution in [3.05, 3.63) is 0 Å². The lowest BCUT2D eigenvalue weighted by Crippen LogP contribution is -2.55. The van der Waals surface area contributed by atoms with E-state index in [0.29, 0.717) is 12.1 Å². The van der Waals surface area contributed by atoms with Gasteiger partial charge in [-0.1, -0.05) is 6.92 Å². The summed E-state index contributed by atoms with van der Waals surface area (Å²) in [7, 11) is 1.78. The van der Waals surface area contributed by atoms with Crippen molar-refractivity contribution in [2.45, 2.75) is 32.4 Å². The third-order valence-corrected chi connectivity index (χ3v) is 2.84. The van der Waals surface area contributed by atoms with Crippen LogP contribution in [-0.4, -0.2) is 50.3 Å². The Balaban J connectivity index is 2.43. The monoisotopic (exact) mass is 186 g/mol. The molecule has 3 heteroatoms. The fraction of sp³-hybridized carbons (Fsp3) is 1.00. The van der Waals surface area contributed by atoms with Crippen LogP contribution in [-0.2, 0) is 4.74 Å². The van der Waals surface area contributed by atoms with Gasteiger partial charge in [0, 0.05) is 38.8 Å². The van der Waals surface area contributed by atoms with E-state index in [0.717, 1.165) is 26.2 Å². The highest BCUT2D eigenvalue weighted by Crippen LogP contribution is 2.11. The molecule has 0 bridgehead atoms. The lowest BCUT2D eigenvalue weighted by Gasteiger charge is -2.39. The summed E-state index contributed by atoms with van der Waals surface area (Å²) in [6, 6.07) is 1.25. The summed E-state index contributed by atoms with van der Waals surface area (Å²) in [5.41, 5.74) is 0. The molecule has 0 radical (unpaired) electrons. The first-order valence-corrected chi connectivity index (χ1v) is 5.25. The molecule has 0 amide bonds. The lowest BCUT2D eigenvalue weighted by atomic mass is 10.1. The zero-order chi connectivity index (χ0) is 9.68. The second-order valence-corrected chi connectivity index (χ2v) is 3.81. The summed E-state index contributed by atoms with van der Waals surface area (Å²) in [4.78, 5) is 2.56. The SMILES string of the molecule is CCC1CNCCN1C(C)COC. The second kappa shape index (κ2) is 5.58. The second-order valence-electron chi connectivity index (χ2n) is 3.81. The smallest absolute Gasteiger partial charge is 0.0615 e. The van der Waals surface area contributed by atoms with Crippen molar-refractivity contribution >= 4 is 0 Å². The van der Waals surface area contributed by atoms with Gasteiger partial charge in [0.15, 0.2) is 0 Å². The summed E-state index contributed by atoms with van der Waals surface area (Å²) >= 11 is 0. The summed E-state index contributed by atoms with van der Waals surface area (Å²) < 4.78 is 5.19. The van der Waals surface area contributed by atoms with Gasteiger partial charge in [-0.3, -0.25) is 4.90 Å². The highest BCUT2D eigenvalue weighted by Gasteiger charge is 2.24. The van der Waals surface area contributed by atoms with E-state index in [4.69, 9.17) is 4.74 Å². The molecule has 13 heavy (non-hydrogen) atoms. The Morgan fingerprint density at radius 3 is 3.00 bits per heavy atom. The van der Waals surface area contributed by atoms with E-state index in [-0.39, 0.29) is 0 Å². The summed E-state index contributed by atoms with van der Waals surface area (Å²) in [5.74, 6) is 0. The topological polar surface area (TPSA) is 24.5 Å². The molecule has 1 fully saturated rings. The van der Waals surface area contributed by atoms with E-state index in [9.17, 15) is 0 Å². The van der Waals surface area contributed by atoms with E-state index in [1.807, 2.05) is 0 Å². The predicted molar refractivity (Wildman–Crippen MR) is 55.0 cm³/mol. The number of hydrogen-bond donors (Lipinski definition) is 1. The molecule has 78 valence electrons. The maximum Gasteiger partial charge on any atom is 0.0615 e. The van der Waals surface area contributed by atoms with Crippen LogP contribution in [0.3, 0.4) is 0 Å². The van der Waals surface area contributed by atoms with Crippen molar-refractivity contribution in [2.75, 3.05) is 33.4 Å². The molecular formula is C10H22N2O. The van der Waals surface area contributed by atoms with E-state index in [2.05, 4.69) is 24.1 Å². The normalized spacial score (nSPS) is 27.5. The first-order valence-electron chi connectivity index (χ1n) is 5.25. The third-order valence-electron chi connectivity index (χ3n) is 2.84. The molecule has 0 spiro atoms. The van der Waals surface area contributed by atoms with Crippen LogP contribution in [0.4, 0.5) is 0 Å². The molecule has 2 atom stereocenters. The van der Waals surface area contributed by atoms with Crippen LogP contribution < -0.4 is 5.32 Å². The Labute approximate surface area is 81.4 Å². The number of piperazine rings is 1. The standard InChI is InChI=1S/C10H22N2O/c1-4-10-7-11-5-6-12(10)9(2)8-13-3/h9-11H,4-8H2,1-3H3. The largest absolute Gasteiger partial charge is 0.383 e. The molecule has 2 unspecified atom stereocenters. The summed E-state index contributed by atoms with van der Waals surface area (Å²) in [6.45, 7) is 8.75. The van der Waals surface area contributed by atoms with Gasteiger partial charge < -0.3 is 10.1 Å². The van der Waals surface area contributed by atoms with Crippen LogP contribution in [0, 0.1) is 0 Å². The van der Waals surface area contributed by atoms with Crippen molar-refractivity contribution in [1.82, 2.24) is 10.2 Å². The van der Waals surface area contributed by atoms with E-state index < -0.39 is 0 Å². The van der Waals surface area contributed by atoms with Gasteiger partial charge in [-0.15, -0.1) is 0 Å². The molecule has 0 aliphatic carbocycles. The maximum atomic E-state index is 5.19. The number of nitrogens with zero attached hydrogens (tertiary/aromatic N) is 1. The van der Waals surface area contributed by atoms with Gasteiger partial charge in [-0.25, -0.2) is 0 Å². The minimum atomic E-state index is 0.553. The Hall–Kier alpha value is -0.120. The molecule has 0 aromatic carbocycles. The molecule has 0 saturated carbocycles. The van der Waals surface area contributed by atoms with Crippen molar-refractivity contribution < 1.29 is 4.74 Å². The van der Waals surface area contributed by atoms with Crippen LogP contribution in [0.1, 0.15) is 20.3 Å². The van der Waals surface area contributed by atoms with Crippen molar-refractivity contribution in [2.24, 2.45) is 0 Å². The molecule has 1 heterocycles. The molecule has 0 aromatic heterocycles. The van der Waals surface area contributed by atoms with Crippen LogP contribution in [0.2, 0.25) is 0 Å². The van der Waals surface area contributed by atoms with E-state index >= 15 is 0 Å². The van der Waals surface area contributed by atoms with Gasteiger partial charge in [0.1, 0.15) is 0 Å².